The zero-order valence-corrected chi connectivity index (χ0v) is 17.0. The summed E-state index contributed by atoms with van der Waals surface area (Å²) in [4.78, 5) is 5.08. The predicted molar refractivity (Wildman–Crippen MR) is 106 cm³/mol. The number of ether oxygens (including phenoxy) is 1. The molecule has 0 amide bonds. The third-order valence-electron chi connectivity index (χ3n) is 5.38. The molecule has 0 bridgehead atoms. The van der Waals surface area contributed by atoms with Crippen molar-refractivity contribution in [3.05, 3.63) is 68.7 Å². The van der Waals surface area contributed by atoms with Crippen molar-refractivity contribution >= 4 is 28.9 Å². The Hall–Kier alpha value is -1.76. The Morgan fingerprint density at radius 1 is 1.17 bits per heavy atom. The van der Waals surface area contributed by atoms with Crippen LogP contribution in [0.1, 0.15) is 48.1 Å². The number of oxime groups is 1. The van der Waals surface area contributed by atoms with Gasteiger partial charge in [-0.25, -0.2) is 0 Å². The summed E-state index contributed by atoms with van der Waals surface area (Å²) in [6.07, 6.45) is -3.47. The fourth-order valence-corrected chi connectivity index (χ4v) is 4.49. The number of aryl methyl sites for hydroxylation is 1. The predicted octanol–water partition coefficient (Wildman–Crippen LogP) is 6.60. The lowest BCUT2D eigenvalue weighted by Gasteiger charge is -2.29. The van der Waals surface area contributed by atoms with Crippen molar-refractivity contribution in [3.8, 4) is 0 Å². The smallest absolute Gasteiger partial charge is 0.374 e. The SMILES string of the molecule is CCOC1CCc2ccc(C3=NOC(c4cc(Cl)cc(Cl)c4)(C(F)(F)F)C3)cc21. The van der Waals surface area contributed by atoms with Crippen LogP contribution in [0.25, 0.3) is 0 Å². The summed E-state index contributed by atoms with van der Waals surface area (Å²) in [5.41, 5.74) is 0.167. The molecule has 29 heavy (non-hydrogen) atoms. The van der Waals surface area contributed by atoms with E-state index in [1.54, 1.807) is 6.07 Å². The van der Waals surface area contributed by atoms with Gasteiger partial charge < -0.3 is 9.57 Å². The maximum absolute atomic E-state index is 14.1. The van der Waals surface area contributed by atoms with Gasteiger partial charge in [0.05, 0.1) is 11.8 Å². The van der Waals surface area contributed by atoms with Crippen LogP contribution in [0.3, 0.4) is 0 Å². The number of hydrogen-bond donors (Lipinski definition) is 0. The number of benzene rings is 2. The highest BCUT2D eigenvalue weighted by molar-refractivity contribution is 6.34. The van der Waals surface area contributed by atoms with Crippen LogP contribution < -0.4 is 0 Å². The Kier molecular flexibility index (Phi) is 5.30. The average Bonchev–Trinajstić information content (AvgIpc) is 3.26. The Bertz CT molecular complexity index is 955. The van der Waals surface area contributed by atoms with Crippen LogP contribution in [0.4, 0.5) is 13.2 Å². The van der Waals surface area contributed by atoms with Gasteiger partial charge in [0.15, 0.2) is 0 Å². The molecule has 0 aromatic heterocycles. The fraction of sp³-hybridized carbons (Fsp3) is 0.381. The molecule has 0 spiro atoms. The molecule has 2 atom stereocenters. The molecule has 0 saturated carbocycles. The lowest BCUT2D eigenvalue weighted by molar-refractivity contribution is -0.275. The first-order chi connectivity index (χ1) is 13.7. The summed E-state index contributed by atoms with van der Waals surface area (Å²) in [5, 5.41) is 4.03. The van der Waals surface area contributed by atoms with Crippen LogP contribution in [0.2, 0.25) is 10.0 Å². The number of fused-ring (bicyclic) bond motifs is 1. The van der Waals surface area contributed by atoms with Crippen LogP contribution >= 0.6 is 23.2 Å². The van der Waals surface area contributed by atoms with Crippen molar-refractivity contribution in [3.63, 3.8) is 0 Å². The molecule has 0 radical (unpaired) electrons. The van der Waals surface area contributed by atoms with Crippen molar-refractivity contribution in [1.29, 1.82) is 0 Å². The maximum atomic E-state index is 14.1. The molecule has 154 valence electrons. The second-order valence-electron chi connectivity index (χ2n) is 7.19. The molecule has 1 heterocycles. The van der Waals surface area contributed by atoms with E-state index in [9.17, 15) is 13.2 Å². The van der Waals surface area contributed by atoms with E-state index in [-0.39, 0.29) is 27.4 Å². The molecule has 3 nitrogen and oxygen atoms in total. The van der Waals surface area contributed by atoms with Crippen LogP contribution in [0.15, 0.2) is 41.6 Å². The second kappa shape index (κ2) is 7.49. The van der Waals surface area contributed by atoms with E-state index in [2.05, 4.69) is 5.16 Å². The average molecular weight is 444 g/mol. The lowest BCUT2D eigenvalue weighted by Crippen LogP contribution is -2.42. The molecule has 0 N–H and O–H groups in total. The summed E-state index contributed by atoms with van der Waals surface area (Å²) in [6, 6.07) is 9.38. The molecule has 0 fully saturated rings. The van der Waals surface area contributed by atoms with Crippen LogP contribution in [0.5, 0.6) is 0 Å². The van der Waals surface area contributed by atoms with Gasteiger partial charge in [-0.15, -0.1) is 0 Å². The fourth-order valence-electron chi connectivity index (χ4n) is 3.96. The third kappa shape index (κ3) is 3.62. The standard InChI is InChI=1S/C21H18Cl2F3NO2/c1-2-28-19-6-5-12-3-4-13(7-17(12)19)18-11-20(29-27-18,21(24,25)26)14-8-15(22)10-16(23)9-14/h3-4,7-10,19H,2,5-6,11H2,1H3. The summed E-state index contributed by atoms with van der Waals surface area (Å²) in [7, 11) is 0. The number of alkyl halides is 3. The number of halogens is 5. The van der Waals surface area contributed by atoms with E-state index < -0.39 is 18.2 Å². The van der Waals surface area contributed by atoms with Gasteiger partial charge in [0.2, 0.25) is 0 Å². The third-order valence-corrected chi connectivity index (χ3v) is 5.82. The summed E-state index contributed by atoms with van der Waals surface area (Å²) >= 11 is 11.9. The van der Waals surface area contributed by atoms with E-state index >= 15 is 0 Å². The highest BCUT2D eigenvalue weighted by Crippen LogP contribution is 2.50. The number of nitrogens with zero attached hydrogens (tertiary/aromatic N) is 1. The molecule has 4 rings (SSSR count). The summed E-state index contributed by atoms with van der Waals surface area (Å²) in [6.45, 7) is 2.50. The van der Waals surface area contributed by atoms with Gasteiger partial charge in [0.1, 0.15) is 0 Å². The number of rotatable bonds is 4. The van der Waals surface area contributed by atoms with Crippen molar-refractivity contribution in [2.45, 2.75) is 44.1 Å². The molecular formula is C21H18Cl2F3NO2. The van der Waals surface area contributed by atoms with Gasteiger partial charge >= 0.3 is 6.18 Å². The lowest BCUT2D eigenvalue weighted by atomic mass is 9.86. The first-order valence-corrected chi connectivity index (χ1v) is 10.0. The van der Waals surface area contributed by atoms with Crippen molar-refractivity contribution in [1.82, 2.24) is 0 Å². The molecule has 1 aliphatic heterocycles. The molecule has 8 heteroatoms. The summed E-state index contributed by atoms with van der Waals surface area (Å²) in [5.74, 6) is 0. The molecule has 1 aliphatic carbocycles. The van der Waals surface area contributed by atoms with Crippen LogP contribution in [-0.4, -0.2) is 18.5 Å². The zero-order valence-electron chi connectivity index (χ0n) is 15.5. The second-order valence-corrected chi connectivity index (χ2v) is 8.06. The normalized spacial score (nSPS) is 23.7. The van der Waals surface area contributed by atoms with Crippen LogP contribution in [0, 0.1) is 0 Å². The Morgan fingerprint density at radius 2 is 1.90 bits per heavy atom. The van der Waals surface area contributed by atoms with Gasteiger partial charge in [-0.1, -0.05) is 40.5 Å². The van der Waals surface area contributed by atoms with E-state index in [1.807, 2.05) is 19.1 Å². The van der Waals surface area contributed by atoms with Gasteiger partial charge in [-0.3, -0.25) is 0 Å². The highest BCUT2D eigenvalue weighted by atomic mass is 35.5. The first kappa shape index (κ1) is 20.5. The summed E-state index contributed by atoms with van der Waals surface area (Å²) < 4.78 is 48.2. The largest absolute Gasteiger partial charge is 0.435 e. The van der Waals surface area contributed by atoms with Crippen molar-refractivity contribution in [2.75, 3.05) is 6.61 Å². The minimum Gasteiger partial charge on any atom is -0.374 e. The minimum absolute atomic E-state index is 0.0445. The van der Waals surface area contributed by atoms with E-state index in [4.69, 9.17) is 32.8 Å². The molecule has 0 saturated heterocycles. The quantitative estimate of drug-likeness (QED) is 0.532. The van der Waals surface area contributed by atoms with Gasteiger partial charge in [0, 0.05) is 28.6 Å². The van der Waals surface area contributed by atoms with Gasteiger partial charge in [0.25, 0.3) is 5.60 Å². The molecular weight excluding hydrogens is 426 g/mol. The van der Waals surface area contributed by atoms with Gasteiger partial charge in [-0.05, 0) is 60.7 Å². The first-order valence-electron chi connectivity index (χ1n) is 9.26. The van der Waals surface area contributed by atoms with Gasteiger partial charge in [-0.2, -0.15) is 13.2 Å². The maximum Gasteiger partial charge on any atom is 0.435 e. The Morgan fingerprint density at radius 3 is 2.55 bits per heavy atom. The van der Waals surface area contributed by atoms with Crippen LogP contribution in [-0.2, 0) is 21.6 Å². The van der Waals surface area contributed by atoms with Crippen molar-refractivity contribution < 1.29 is 22.7 Å². The zero-order chi connectivity index (χ0) is 20.8. The minimum atomic E-state index is -4.71. The molecule has 2 aromatic carbocycles. The van der Waals surface area contributed by atoms with E-state index in [0.29, 0.717) is 12.2 Å². The highest BCUT2D eigenvalue weighted by Gasteiger charge is 2.62. The molecule has 2 unspecified atom stereocenters. The Labute approximate surface area is 176 Å². The monoisotopic (exact) mass is 443 g/mol. The molecule has 2 aromatic rings. The van der Waals surface area contributed by atoms with E-state index in [0.717, 1.165) is 24.0 Å². The van der Waals surface area contributed by atoms with E-state index in [1.165, 1.54) is 18.2 Å². The molecule has 2 aliphatic rings. The Balaban J connectivity index is 1.70. The number of hydrogen-bond acceptors (Lipinski definition) is 3. The topological polar surface area (TPSA) is 30.8 Å². The van der Waals surface area contributed by atoms with Crippen molar-refractivity contribution in [2.24, 2.45) is 5.16 Å².